The lowest BCUT2D eigenvalue weighted by atomic mass is 10.0. The van der Waals surface area contributed by atoms with Crippen molar-refractivity contribution < 1.29 is 0 Å². The molecule has 1 aliphatic rings. The minimum Gasteiger partial charge on any atom is -0.357 e. The Morgan fingerprint density at radius 2 is 1.87 bits per heavy atom. The smallest absolute Gasteiger partial charge is 0.191 e. The Bertz CT molecular complexity index is 800. The number of halogens is 1. The molecule has 2 N–H and O–H groups in total. The van der Waals surface area contributed by atoms with Crippen molar-refractivity contribution in [2.24, 2.45) is 4.99 Å². The van der Waals surface area contributed by atoms with Gasteiger partial charge >= 0.3 is 0 Å². The molecular weight excluding hydrogens is 485 g/mol. The molecule has 30 heavy (non-hydrogen) atoms. The molecule has 3 rings (SSSR count). The van der Waals surface area contributed by atoms with E-state index in [1.807, 2.05) is 12.4 Å². The van der Waals surface area contributed by atoms with Crippen molar-refractivity contribution in [2.45, 2.75) is 52.6 Å². The fourth-order valence-electron chi connectivity index (χ4n) is 3.85. The molecule has 0 amide bonds. The van der Waals surface area contributed by atoms with Crippen molar-refractivity contribution in [3.05, 3.63) is 65.0 Å². The Kier molecular flexibility index (Phi) is 10.6. The van der Waals surface area contributed by atoms with E-state index in [4.69, 9.17) is 4.99 Å². The maximum Gasteiger partial charge on any atom is 0.191 e. The number of likely N-dealkylation sites (tertiary alicyclic amines) is 1. The lowest BCUT2D eigenvalue weighted by Crippen LogP contribution is -2.48. The van der Waals surface area contributed by atoms with Gasteiger partial charge in [-0.3, -0.25) is 14.9 Å². The van der Waals surface area contributed by atoms with Gasteiger partial charge in [0.1, 0.15) is 0 Å². The van der Waals surface area contributed by atoms with Crippen molar-refractivity contribution in [3.8, 4) is 0 Å². The number of aryl methyl sites for hydroxylation is 2. The molecule has 0 aliphatic carbocycles. The van der Waals surface area contributed by atoms with Gasteiger partial charge in [-0.25, -0.2) is 0 Å². The zero-order valence-corrected chi connectivity index (χ0v) is 20.9. The lowest BCUT2D eigenvalue weighted by molar-refractivity contribution is 0.198. The number of nitrogens with one attached hydrogen (secondary N) is 2. The van der Waals surface area contributed by atoms with Gasteiger partial charge in [0.15, 0.2) is 5.96 Å². The van der Waals surface area contributed by atoms with E-state index in [-0.39, 0.29) is 24.0 Å². The van der Waals surface area contributed by atoms with Crippen LogP contribution < -0.4 is 10.6 Å². The van der Waals surface area contributed by atoms with Gasteiger partial charge in [0.25, 0.3) is 0 Å². The second-order valence-corrected chi connectivity index (χ2v) is 7.93. The van der Waals surface area contributed by atoms with E-state index in [0.717, 1.165) is 57.9 Å². The number of benzene rings is 1. The normalized spacial score (nSPS) is 15.5. The van der Waals surface area contributed by atoms with Crippen LogP contribution in [0.25, 0.3) is 0 Å². The third kappa shape index (κ3) is 7.54. The summed E-state index contributed by atoms with van der Waals surface area (Å²) in [4.78, 5) is 11.5. The average molecular weight is 521 g/mol. The predicted molar refractivity (Wildman–Crippen MR) is 137 cm³/mol. The minimum atomic E-state index is 0. The Morgan fingerprint density at radius 1 is 1.10 bits per heavy atom. The van der Waals surface area contributed by atoms with E-state index in [9.17, 15) is 0 Å². The van der Waals surface area contributed by atoms with Crippen molar-refractivity contribution in [1.29, 1.82) is 0 Å². The summed E-state index contributed by atoms with van der Waals surface area (Å²) >= 11 is 0. The third-order valence-electron chi connectivity index (χ3n) is 5.72. The first-order valence-electron chi connectivity index (χ1n) is 10.9. The van der Waals surface area contributed by atoms with Crippen LogP contribution in [-0.2, 0) is 13.0 Å². The third-order valence-corrected chi connectivity index (χ3v) is 5.72. The summed E-state index contributed by atoms with van der Waals surface area (Å²) in [5, 5.41) is 7.06. The molecule has 0 radical (unpaired) electrons. The van der Waals surface area contributed by atoms with Gasteiger partial charge in [0.2, 0.25) is 0 Å². The molecule has 1 aromatic heterocycles. The van der Waals surface area contributed by atoms with Crippen molar-refractivity contribution in [3.63, 3.8) is 0 Å². The number of aromatic nitrogens is 1. The molecule has 1 aromatic carbocycles. The molecule has 0 atom stereocenters. The van der Waals surface area contributed by atoms with E-state index in [0.29, 0.717) is 6.04 Å². The first kappa shape index (κ1) is 24.6. The molecule has 2 aromatic rings. The highest BCUT2D eigenvalue weighted by Crippen LogP contribution is 2.16. The summed E-state index contributed by atoms with van der Waals surface area (Å²) in [7, 11) is 0. The van der Waals surface area contributed by atoms with Crippen LogP contribution in [0.3, 0.4) is 0 Å². The van der Waals surface area contributed by atoms with Crippen molar-refractivity contribution >= 4 is 29.9 Å². The molecule has 0 unspecified atom stereocenters. The van der Waals surface area contributed by atoms with Crippen LogP contribution in [0, 0.1) is 13.8 Å². The summed E-state index contributed by atoms with van der Waals surface area (Å²) in [5.41, 5.74) is 5.39. The molecule has 0 bridgehead atoms. The van der Waals surface area contributed by atoms with E-state index in [1.54, 1.807) is 0 Å². The molecule has 1 saturated heterocycles. The second kappa shape index (κ2) is 12.9. The van der Waals surface area contributed by atoms with Crippen molar-refractivity contribution in [1.82, 2.24) is 20.5 Å². The standard InChI is InChI=1S/C24H35N5.HI/c1-4-26-24(27-14-10-21-9-13-25-17-20(21)3)28-23-11-15-29(16-12-23)18-22-8-6-5-7-19(22)2;/h5-9,13,17,23H,4,10-12,14-16,18H2,1-3H3,(H2,26,27,28);1H. The van der Waals surface area contributed by atoms with Gasteiger partial charge in [0.05, 0.1) is 0 Å². The quantitative estimate of drug-likeness (QED) is 0.328. The maximum absolute atomic E-state index is 4.80. The fraction of sp³-hybridized carbons (Fsp3) is 0.500. The summed E-state index contributed by atoms with van der Waals surface area (Å²) in [6.07, 6.45) is 7.03. The van der Waals surface area contributed by atoms with Gasteiger partial charge < -0.3 is 10.6 Å². The topological polar surface area (TPSA) is 52.6 Å². The van der Waals surface area contributed by atoms with Gasteiger partial charge in [-0.1, -0.05) is 24.3 Å². The Hall–Kier alpha value is -1.67. The number of aliphatic imine (C=N–C) groups is 1. The average Bonchev–Trinajstić information content (AvgIpc) is 2.73. The monoisotopic (exact) mass is 521 g/mol. The zero-order chi connectivity index (χ0) is 20.5. The number of piperidine rings is 1. The summed E-state index contributed by atoms with van der Waals surface area (Å²) in [6, 6.07) is 11.3. The lowest BCUT2D eigenvalue weighted by Gasteiger charge is -2.33. The summed E-state index contributed by atoms with van der Waals surface area (Å²) < 4.78 is 0. The maximum atomic E-state index is 4.80. The Labute approximate surface area is 198 Å². The van der Waals surface area contributed by atoms with Crippen LogP contribution in [-0.4, -0.2) is 48.1 Å². The van der Waals surface area contributed by atoms with E-state index >= 15 is 0 Å². The molecule has 2 heterocycles. The molecule has 5 nitrogen and oxygen atoms in total. The molecule has 1 fully saturated rings. The summed E-state index contributed by atoms with van der Waals surface area (Å²) in [6.45, 7) is 11.4. The van der Waals surface area contributed by atoms with Crippen LogP contribution >= 0.6 is 24.0 Å². The molecule has 0 spiro atoms. The van der Waals surface area contributed by atoms with E-state index in [2.05, 4.69) is 71.6 Å². The van der Waals surface area contributed by atoms with Crippen LogP contribution in [0.5, 0.6) is 0 Å². The Balaban J connectivity index is 0.00000320. The van der Waals surface area contributed by atoms with E-state index < -0.39 is 0 Å². The fourth-order valence-corrected chi connectivity index (χ4v) is 3.85. The van der Waals surface area contributed by atoms with Gasteiger partial charge in [-0.2, -0.15) is 0 Å². The van der Waals surface area contributed by atoms with Crippen LogP contribution in [0.1, 0.15) is 42.0 Å². The molecular formula is C24H36IN5. The molecule has 1 aliphatic heterocycles. The molecule has 6 heteroatoms. The SMILES string of the molecule is CCNC(=NCCc1ccncc1C)NC1CCN(Cc2ccccc2C)CC1.I. The largest absolute Gasteiger partial charge is 0.357 e. The van der Waals surface area contributed by atoms with Gasteiger partial charge in [0, 0.05) is 51.2 Å². The van der Waals surface area contributed by atoms with Gasteiger partial charge in [-0.15, -0.1) is 24.0 Å². The van der Waals surface area contributed by atoms with Crippen LogP contribution in [0.2, 0.25) is 0 Å². The number of pyridine rings is 1. The summed E-state index contributed by atoms with van der Waals surface area (Å²) in [5.74, 6) is 0.941. The highest BCUT2D eigenvalue weighted by Gasteiger charge is 2.20. The number of rotatable bonds is 7. The molecule has 164 valence electrons. The first-order chi connectivity index (χ1) is 14.2. The van der Waals surface area contributed by atoms with E-state index in [1.165, 1.54) is 22.3 Å². The predicted octanol–water partition coefficient (Wildman–Crippen LogP) is 4.08. The second-order valence-electron chi connectivity index (χ2n) is 7.93. The number of guanidine groups is 1. The first-order valence-corrected chi connectivity index (χ1v) is 10.9. The minimum absolute atomic E-state index is 0. The molecule has 0 saturated carbocycles. The zero-order valence-electron chi connectivity index (χ0n) is 18.5. The highest BCUT2D eigenvalue weighted by atomic mass is 127. The van der Waals surface area contributed by atoms with Crippen LogP contribution in [0.4, 0.5) is 0 Å². The van der Waals surface area contributed by atoms with Crippen molar-refractivity contribution in [2.75, 3.05) is 26.2 Å². The Morgan fingerprint density at radius 3 is 2.57 bits per heavy atom. The number of hydrogen-bond acceptors (Lipinski definition) is 3. The number of nitrogens with zero attached hydrogens (tertiary/aromatic N) is 3. The highest BCUT2D eigenvalue weighted by molar-refractivity contribution is 14.0. The van der Waals surface area contributed by atoms with Crippen LogP contribution in [0.15, 0.2) is 47.7 Å². The van der Waals surface area contributed by atoms with Gasteiger partial charge in [-0.05, 0) is 68.4 Å². The number of hydrogen-bond donors (Lipinski definition) is 2.